The van der Waals surface area contributed by atoms with Gasteiger partial charge in [-0.25, -0.2) is 0 Å². The number of amides is 2. The molecule has 0 saturated carbocycles. The summed E-state index contributed by atoms with van der Waals surface area (Å²) in [5.74, 6) is 0.830. The summed E-state index contributed by atoms with van der Waals surface area (Å²) in [5, 5.41) is 11.7. The monoisotopic (exact) mass is 499 g/mol. The molecule has 0 bridgehead atoms. The number of likely N-dealkylation sites (N-methyl/N-ethyl adjacent to an activating group) is 1. The summed E-state index contributed by atoms with van der Waals surface area (Å²) < 4.78 is 10.6. The first-order chi connectivity index (χ1) is 18.0. The van der Waals surface area contributed by atoms with Gasteiger partial charge in [-0.1, -0.05) is 41.6 Å². The summed E-state index contributed by atoms with van der Waals surface area (Å²) in [6, 6.07) is 16.6. The number of carbonyl (C=O) groups excluding carboxylic acids is 2. The molecule has 9 heteroatoms. The maximum Gasteiger partial charge on any atom is 0.249 e. The van der Waals surface area contributed by atoms with Crippen LogP contribution in [-0.2, 0) is 22.6 Å². The highest BCUT2D eigenvalue weighted by Gasteiger charge is 2.33. The Bertz CT molecular complexity index is 1440. The van der Waals surface area contributed by atoms with Crippen LogP contribution < -0.4 is 20.3 Å². The van der Waals surface area contributed by atoms with E-state index in [2.05, 4.69) is 20.8 Å². The maximum absolute atomic E-state index is 13.9. The summed E-state index contributed by atoms with van der Waals surface area (Å²) >= 11 is 0. The third kappa shape index (κ3) is 4.77. The predicted octanol–water partition coefficient (Wildman–Crippen LogP) is 3.47. The molecule has 0 radical (unpaired) electrons. The third-order valence-electron chi connectivity index (χ3n) is 6.94. The lowest BCUT2D eigenvalue weighted by atomic mass is 10.00. The van der Waals surface area contributed by atoms with Crippen LogP contribution in [0, 0.1) is 0 Å². The van der Waals surface area contributed by atoms with Gasteiger partial charge >= 0.3 is 0 Å². The Morgan fingerprint density at radius 3 is 2.81 bits per heavy atom. The fraction of sp³-hybridized carbons (Fsp3) is 0.286. The lowest BCUT2D eigenvalue weighted by Gasteiger charge is -2.28. The van der Waals surface area contributed by atoms with E-state index in [4.69, 9.17) is 9.26 Å². The number of para-hydroxylation sites is 1. The summed E-state index contributed by atoms with van der Waals surface area (Å²) in [6.45, 7) is 2.05. The Kier molecular flexibility index (Phi) is 6.87. The van der Waals surface area contributed by atoms with Crippen molar-refractivity contribution in [3.05, 3.63) is 72.1 Å². The van der Waals surface area contributed by atoms with Crippen molar-refractivity contribution in [2.24, 2.45) is 0 Å². The zero-order valence-electron chi connectivity index (χ0n) is 21.0. The molecule has 190 valence electrons. The lowest BCUT2D eigenvalue weighted by Crippen LogP contribution is -2.52. The summed E-state index contributed by atoms with van der Waals surface area (Å²) in [5.41, 5.74) is 3.61. The highest BCUT2D eigenvalue weighted by molar-refractivity contribution is 6.02. The van der Waals surface area contributed by atoms with Crippen LogP contribution in [0.4, 0.5) is 5.69 Å². The molecule has 37 heavy (non-hydrogen) atoms. The molecule has 4 aromatic rings. The minimum atomic E-state index is -0.637. The fourth-order valence-electron chi connectivity index (χ4n) is 4.76. The number of anilines is 1. The van der Waals surface area contributed by atoms with Crippen LogP contribution in [0.3, 0.4) is 0 Å². The molecule has 3 aromatic carbocycles. The van der Waals surface area contributed by atoms with Gasteiger partial charge in [0.05, 0.1) is 19.7 Å². The van der Waals surface area contributed by atoms with Crippen LogP contribution in [0.5, 0.6) is 5.75 Å². The zero-order valence-corrected chi connectivity index (χ0v) is 21.0. The Balaban J connectivity index is 1.56. The van der Waals surface area contributed by atoms with Gasteiger partial charge in [-0.15, -0.1) is 0 Å². The normalized spacial score (nSPS) is 16.2. The molecule has 5 rings (SSSR count). The number of nitrogens with one attached hydrogen (secondary N) is 2. The van der Waals surface area contributed by atoms with E-state index in [0.29, 0.717) is 24.4 Å². The van der Waals surface area contributed by atoms with Gasteiger partial charge in [-0.2, -0.15) is 4.98 Å². The molecule has 0 fully saturated rings. The molecule has 2 heterocycles. The first-order valence-corrected chi connectivity index (χ1v) is 12.2. The van der Waals surface area contributed by atoms with E-state index < -0.39 is 12.1 Å². The number of methoxy groups -OCH3 is 1. The van der Waals surface area contributed by atoms with Crippen LogP contribution in [0.25, 0.3) is 22.2 Å². The second-order valence-electron chi connectivity index (χ2n) is 9.10. The maximum atomic E-state index is 13.9. The van der Waals surface area contributed by atoms with Crippen LogP contribution in [-0.4, -0.2) is 48.2 Å². The molecule has 1 aromatic heterocycles. The third-order valence-corrected chi connectivity index (χ3v) is 6.94. The molecule has 0 aliphatic carbocycles. The highest BCUT2D eigenvalue weighted by atomic mass is 16.5. The molecule has 1 aliphatic heterocycles. The minimum Gasteiger partial charge on any atom is -0.496 e. The SMILES string of the molecule is CNC(C)C(=O)N[C@H]1CCc2ccccc2N(Cc2c(OC)ccc3cc(-c4ncon4)ccc23)C1=O. The van der Waals surface area contributed by atoms with Gasteiger partial charge < -0.3 is 24.8 Å². The van der Waals surface area contributed by atoms with Gasteiger partial charge in [0.15, 0.2) is 0 Å². The van der Waals surface area contributed by atoms with E-state index >= 15 is 0 Å². The first-order valence-electron chi connectivity index (χ1n) is 12.2. The molecule has 2 atom stereocenters. The molecular formula is C28H29N5O4. The van der Waals surface area contributed by atoms with Crippen molar-refractivity contribution in [3.63, 3.8) is 0 Å². The number of fused-ring (bicyclic) bond motifs is 2. The number of benzene rings is 3. The van der Waals surface area contributed by atoms with Gasteiger partial charge in [0.2, 0.25) is 24.0 Å². The molecule has 9 nitrogen and oxygen atoms in total. The van der Waals surface area contributed by atoms with E-state index in [9.17, 15) is 9.59 Å². The molecule has 2 N–H and O–H groups in total. The van der Waals surface area contributed by atoms with Crippen molar-refractivity contribution in [1.82, 2.24) is 20.8 Å². The summed E-state index contributed by atoms with van der Waals surface area (Å²) in [7, 11) is 3.34. The van der Waals surface area contributed by atoms with Gasteiger partial charge in [-0.05, 0) is 61.3 Å². The van der Waals surface area contributed by atoms with Crippen molar-refractivity contribution in [1.29, 1.82) is 0 Å². The van der Waals surface area contributed by atoms with Gasteiger partial charge in [0, 0.05) is 16.8 Å². The van der Waals surface area contributed by atoms with E-state index in [-0.39, 0.29) is 18.4 Å². The molecule has 2 amide bonds. The Morgan fingerprint density at radius 1 is 1.22 bits per heavy atom. The van der Waals surface area contributed by atoms with Crippen molar-refractivity contribution in [2.75, 3.05) is 19.1 Å². The number of nitrogens with zero attached hydrogens (tertiary/aromatic N) is 3. The smallest absolute Gasteiger partial charge is 0.249 e. The van der Waals surface area contributed by atoms with Crippen molar-refractivity contribution >= 4 is 28.3 Å². The Labute approximate surface area is 214 Å². The standard InChI is InChI=1S/C28H29N5O4/c1-17(29-2)27(34)31-23-12-9-18-6-4-5-7-24(18)33(28(23)35)15-22-21-11-8-20(26-30-16-37-32-26)14-19(21)10-13-25(22)36-3/h4-8,10-11,13-14,16-17,23,29H,9,12,15H2,1-3H3,(H,31,34)/t17?,23-/m0/s1. The van der Waals surface area contributed by atoms with E-state index in [1.54, 1.807) is 26.0 Å². The topological polar surface area (TPSA) is 110 Å². The van der Waals surface area contributed by atoms with E-state index in [0.717, 1.165) is 33.2 Å². The van der Waals surface area contributed by atoms with Crippen LogP contribution in [0.1, 0.15) is 24.5 Å². The number of aromatic nitrogens is 2. The van der Waals surface area contributed by atoms with Crippen LogP contribution in [0.15, 0.2) is 65.5 Å². The number of rotatable bonds is 7. The Morgan fingerprint density at radius 2 is 2.05 bits per heavy atom. The number of hydrogen-bond donors (Lipinski definition) is 2. The molecule has 1 aliphatic rings. The van der Waals surface area contributed by atoms with E-state index in [1.165, 1.54) is 6.39 Å². The zero-order chi connectivity index (χ0) is 25.9. The highest BCUT2D eigenvalue weighted by Crippen LogP contribution is 2.35. The van der Waals surface area contributed by atoms with E-state index in [1.807, 2.05) is 54.6 Å². The quantitative estimate of drug-likeness (QED) is 0.401. The van der Waals surface area contributed by atoms with Crippen molar-refractivity contribution in [3.8, 4) is 17.1 Å². The average Bonchev–Trinajstić information content (AvgIpc) is 3.44. The van der Waals surface area contributed by atoms with Gasteiger partial charge in [0.1, 0.15) is 11.8 Å². The molecular weight excluding hydrogens is 470 g/mol. The molecule has 1 unspecified atom stereocenters. The number of ether oxygens (including phenoxy) is 1. The fourth-order valence-corrected chi connectivity index (χ4v) is 4.76. The minimum absolute atomic E-state index is 0.149. The van der Waals surface area contributed by atoms with Gasteiger partial charge in [0.25, 0.3) is 0 Å². The summed E-state index contributed by atoms with van der Waals surface area (Å²) in [6.07, 6.45) is 2.50. The summed E-state index contributed by atoms with van der Waals surface area (Å²) in [4.78, 5) is 32.5. The van der Waals surface area contributed by atoms with Crippen LogP contribution >= 0.6 is 0 Å². The molecule has 0 spiro atoms. The first kappa shape index (κ1) is 24.5. The average molecular weight is 500 g/mol. The van der Waals surface area contributed by atoms with Gasteiger partial charge in [-0.3, -0.25) is 9.59 Å². The van der Waals surface area contributed by atoms with Crippen molar-refractivity contribution in [2.45, 2.75) is 38.4 Å². The van der Waals surface area contributed by atoms with Crippen molar-refractivity contribution < 1.29 is 18.8 Å². The van der Waals surface area contributed by atoms with Crippen LogP contribution in [0.2, 0.25) is 0 Å². The number of aryl methyl sites for hydroxylation is 1. The Hall–Kier alpha value is -4.24. The second kappa shape index (κ2) is 10.4. The number of hydrogen-bond acceptors (Lipinski definition) is 7. The predicted molar refractivity (Wildman–Crippen MR) is 140 cm³/mol. The second-order valence-corrected chi connectivity index (χ2v) is 9.10. The largest absolute Gasteiger partial charge is 0.496 e. The number of carbonyl (C=O) groups is 2. The lowest BCUT2D eigenvalue weighted by molar-refractivity contribution is -0.128. The molecule has 0 saturated heterocycles.